The summed E-state index contributed by atoms with van der Waals surface area (Å²) in [5.41, 5.74) is 1.59. The van der Waals surface area contributed by atoms with Gasteiger partial charge in [0.15, 0.2) is 0 Å². The van der Waals surface area contributed by atoms with Gasteiger partial charge in [-0.05, 0) is 56.5 Å². The molecule has 0 atom stereocenters. The van der Waals surface area contributed by atoms with Gasteiger partial charge < -0.3 is 5.32 Å². The Kier molecular flexibility index (Phi) is 4.08. The lowest BCUT2D eigenvalue weighted by molar-refractivity contribution is 0.619. The molecule has 3 nitrogen and oxygen atoms in total. The standard InChI is InChI=1S/C15H18FN3S/c1-10-9-11(4-7-13(10)16)15-19-18-14(20-15)3-2-8-17-12-5-6-12/h4,7,9,12,17H,2-3,5-6,8H2,1H3. The van der Waals surface area contributed by atoms with Gasteiger partial charge in [0.25, 0.3) is 0 Å². The van der Waals surface area contributed by atoms with Crippen molar-refractivity contribution in [2.45, 2.75) is 38.6 Å². The molecule has 2 aromatic rings. The normalized spacial score (nSPS) is 14.7. The molecule has 0 unspecified atom stereocenters. The molecule has 0 bridgehead atoms. The third-order valence-corrected chi connectivity index (χ3v) is 4.48. The van der Waals surface area contributed by atoms with E-state index in [0.717, 1.165) is 41.0 Å². The minimum atomic E-state index is -0.176. The lowest BCUT2D eigenvalue weighted by atomic mass is 10.1. The molecule has 0 radical (unpaired) electrons. The zero-order valence-electron chi connectivity index (χ0n) is 11.5. The number of aromatic nitrogens is 2. The molecule has 106 valence electrons. The van der Waals surface area contributed by atoms with E-state index >= 15 is 0 Å². The van der Waals surface area contributed by atoms with Crippen LogP contribution in [0.25, 0.3) is 10.6 Å². The average molecular weight is 291 g/mol. The Hall–Kier alpha value is -1.33. The molecule has 5 heteroatoms. The first-order valence-corrected chi connectivity index (χ1v) is 7.86. The van der Waals surface area contributed by atoms with Crippen LogP contribution in [0.2, 0.25) is 0 Å². The molecule has 0 amide bonds. The summed E-state index contributed by atoms with van der Waals surface area (Å²) in [6.07, 6.45) is 4.70. The Morgan fingerprint density at radius 1 is 1.35 bits per heavy atom. The van der Waals surface area contributed by atoms with Crippen LogP contribution in [0, 0.1) is 12.7 Å². The molecule has 20 heavy (non-hydrogen) atoms. The number of nitrogens with zero attached hydrogens (tertiary/aromatic N) is 2. The van der Waals surface area contributed by atoms with E-state index in [1.54, 1.807) is 24.3 Å². The fourth-order valence-corrected chi connectivity index (χ4v) is 2.96. The summed E-state index contributed by atoms with van der Waals surface area (Å²) in [4.78, 5) is 0. The molecule has 1 aromatic heterocycles. The fraction of sp³-hybridized carbons (Fsp3) is 0.467. The summed E-state index contributed by atoms with van der Waals surface area (Å²) in [6.45, 7) is 2.82. The molecule has 1 aliphatic rings. The second kappa shape index (κ2) is 5.97. The quantitative estimate of drug-likeness (QED) is 0.830. The van der Waals surface area contributed by atoms with Crippen molar-refractivity contribution in [1.82, 2.24) is 15.5 Å². The van der Waals surface area contributed by atoms with Crippen molar-refractivity contribution in [3.63, 3.8) is 0 Å². The highest BCUT2D eigenvalue weighted by atomic mass is 32.1. The minimum absolute atomic E-state index is 0.176. The number of benzene rings is 1. The molecule has 1 heterocycles. The first kappa shape index (κ1) is 13.6. The van der Waals surface area contributed by atoms with E-state index in [0.29, 0.717) is 5.56 Å². The monoisotopic (exact) mass is 291 g/mol. The van der Waals surface area contributed by atoms with Gasteiger partial charge in [-0.1, -0.05) is 11.3 Å². The predicted molar refractivity (Wildman–Crippen MR) is 79.4 cm³/mol. The third-order valence-electron chi connectivity index (χ3n) is 3.45. The SMILES string of the molecule is Cc1cc(-c2nnc(CCCNC3CC3)s2)ccc1F. The van der Waals surface area contributed by atoms with Gasteiger partial charge in [0.2, 0.25) is 0 Å². The largest absolute Gasteiger partial charge is 0.314 e. The molecule has 0 spiro atoms. The van der Waals surface area contributed by atoms with Gasteiger partial charge in [-0.2, -0.15) is 0 Å². The maximum absolute atomic E-state index is 13.3. The minimum Gasteiger partial charge on any atom is -0.314 e. The predicted octanol–water partition coefficient (Wildman–Crippen LogP) is 3.34. The third kappa shape index (κ3) is 3.41. The molecule has 3 rings (SSSR count). The topological polar surface area (TPSA) is 37.8 Å². The highest BCUT2D eigenvalue weighted by Gasteiger charge is 2.19. The zero-order chi connectivity index (χ0) is 13.9. The highest BCUT2D eigenvalue weighted by molar-refractivity contribution is 7.14. The van der Waals surface area contributed by atoms with Gasteiger partial charge in [0, 0.05) is 18.0 Å². The average Bonchev–Trinajstić information content (AvgIpc) is 3.15. The van der Waals surface area contributed by atoms with Crippen LogP contribution in [-0.4, -0.2) is 22.8 Å². The lowest BCUT2D eigenvalue weighted by Crippen LogP contribution is -2.17. The van der Waals surface area contributed by atoms with Gasteiger partial charge in [-0.15, -0.1) is 10.2 Å². The van der Waals surface area contributed by atoms with Gasteiger partial charge >= 0.3 is 0 Å². The van der Waals surface area contributed by atoms with Crippen molar-refractivity contribution in [2.75, 3.05) is 6.54 Å². The Bertz CT molecular complexity index is 593. The van der Waals surface area contributed by atoms with Crippen molar-refractivity contribution >= 4 is 11.3 Å². The van der Waals surface area contributed by atoms with Crippen molar-refractivity contribution in [3.8, 4) is 10.6 Å². The summed E-state index contributed by atoms with van der Waals surface area (Å²) in [7, 11) is 0. The van der Waals surface area contributed by atoms with E-state index in [1.165, 1.54) is 18.9 Å². The van der Waals surface area contributed by atoms with Crippen LogP contribution < -0.4 is 5.32 Å². The van der Waals surface area contributed by atoms with Crippen LogP contribution in [0.4, 0.5) is 4.39 Å². The Morgan fingerprint density at radius 3 is 2.95 bits per heavy atom. The van der Waals surface area contributed by atoms with Crippen LogP contribution in [0.3, 0.4) is 0 Å². The van der Waals surface area contributed by atoms with Crippen molar-refractivity contribution in [2.24, 2.45) is 0 Å². The van der Waals surface area contributed by atoms with Crippen molar-refractivity contribution < 1.29 is 4.39 Å². The number of halogens is 1. The van der Waals surface area contributed by atoms with Crippen LogP contribution in [0.5, 0.6) is 0 Å². The van der Waals surface area contributed by atoms with E-state index in [-0.39, 0.29) is 5.82 Å². The highest BCUT2D eigenvalue weighted by Crippen LogP contribution is 2.25. The number of hydrogen-bond acceptors (Lipinski definition) is 4. The van der Waals surface area contributed by atoms with Gasteiger partial charge in [0.1, 0.15) is 15.8 Å². The second-order valence-electron chi connectivity index (χ2n) is 5.30. The fourth-order valence-electron chi connectivity index (χ4n) is 2.08. The Labute approximate surface area is 122 Å². The van der Waals surface area contributed by atoms with Crippen LogP contribution in [0.15, 0.2) is 18.2 Å². The molecular formula is C15H18FN3S. The summed E-state index contributed by atoms with van der Waals surface area (Å²) >= 11 is 1.60. The van der Waals surface area contributed by atoms with Gasteiger partial charge in [-0.25, -0.2) is 4.39 Å². The van der Waals surface area contributed by atoms with Crippen LogP contribution in [0.1, 0.15) is 29.8 Å². The van der Waals surface area contributed by atoms with Crippen molar-refractivity contribution in [1.29, 1.82) is 0 Å². The number of hydrogen-bond donors (Lipinski definition) is 1. The van der Waals surface area contributed by atoms with Crippen LogP contribution in [-0.2, 0) is 6.42 Å². The maximum atomic E-state index is 13.3. The number of aryl methyl sites for hydroxylation is 2. The molecule has 0 saturated heterocycles. The maximum Gasteiger partial charge on any atom is 0.147 e. The second-order valence-corrected chi connectivity index (χ2v) is 6.36. The zero-order valence-corrected chi connectivity index (χ0v) is 12.3. The van der Waals surface area contributed by atoms with Crippen LogP contribution >= 0.6 is 11.3 Å². The Balaban J connectivity index is 1.58. The van der Waals surface area contributed by atoms with E-state index in [9.17, 15) is 4.39 Å². The molecule has 1 fully saturated rings. The number of nitrogens with one attached hydrogen (secondary N) is 1. The van der Waals surface area contributed by atoms with E-state index in [2.05, 4.69) is 15.5 Å². The van der Waals surface area contributed by atoms with E-state index in [1.807, 2.05) is 6.07 Å². The number of rotatable bonds is 6. The smallest absolute Gasteiger partial charge is 0.147 e. The molecule has 0 aliphatic heterocycles. The van der Waals surface area contributed by atoms with E-state index < -0.39 is 0 Å². The molecule has 1 N–H and O–H groups in total. The molecule has 1 aliphatic carbocycles. The summed E-state index contributed by atoms with van der Waals surface area (Å²) in [5.74, 6) is -0.176. The molecule has 1 aromatic carbocycles. The first-order valence-electron chi connectivity index (χ1n) is 7.04. The summed E-state index contributed by atoms with van der Waals surface area (Å²) in [5, 5.41) is 13.9. The summed E-state index contributed by atoms with van der Waals surface area (Å²) < 4.78 is 13.3. The lowest BCUT2D eigenvalue weighted by Gasteiger charge is -2.00. The van der Waals surface area contributed by atoms with Gasteiger partial charge in [-0.3, -0.25) is 0 Å². The van der Waals surface area contributed by atoms with E-state index in [4.69, 9.17) is 0 Å². The molecular weight excluding hydrogens is 273 g/mol. The molecule has 1 saturated carbocycles. The Morgan fingerprint density at radius 2 is 2.20 bits per heavy atom. The van der Waals surface area contributed by atoms with Crippen molar-refractivity contribution in [3.05, 3.63) is 34.6 Å². The first-order chi connectivity index (χ1) is 9.72. The van der Waals surface area contributed by atoms with Gasteiger partial charge in [0.05, 0.1) is 0 Å². The summed E-state index contributed by atoms with van der Waals surface area (Å²) in [6, 6.07) is 5.85.